The Hall–Kier alpha value is -4.00. The van der Waals surface area contributed by atoms with E-state index in [4.69, 9.17) is 0 Å². The van der Waals surface area contributed by atoms with E-state index < -0.39 is 34.5 Å². The highest BCUT2D eigenvalue weighted by atomic mass is 32.2. The lowest BCUT2D eigenvalue weighted by molar-refractivity contribution is -0.121. The van der Waals surface area contributed by atoms with E-state index in [0.717, 1.165) is 53.9 Å². The summed E-state index contributed by atoms with van der Waals surface area (Å²) in [5, 5.41) is 10.1. The lowest BCUT2D eigenvalue weighted by atomic mass is 9.82. The molecule has 1 atom stereocenters. The molecule has 0 unspecified atom stereocenters. The average Bonchev–Trinajstić information content (AvgIpc) is 3.47. The van der Waals surface area contributed by atoms with Gasteiger partial charge in [0.15, 0.2) is 0 Å². The minimum Gasteiger partial charge on any atom is -0.477 e. The molecule has 1 aromatic carbocycles. The number of pyridine rings is 1. The van der Waals surface area contributed by atoms with Crippen molar-refractivity contribution in [3.05, 3.63) is 78.3 Å². The average molecular weight is 604 g/mol. The van der Waals surface area contributed by atoms with E-state index in [1.54, 1.807) is 29.4 Å². The summed E-state index contributed by atoms with van der Waals surface area (Å²) in [4.78, 5) is 40.9. The van der Waals surface area contributed by atoms with Crippen LogP contribution in [0.1, 0.15) is 41.8 Å². The van der Waals surface area contributed by atoms with Gasteiger partial charge in [0.25, 0.3) is 0 Å². The monoisotopic (exact) mass is 603 g/mol. The van der Waals surface area contributed by atoms with E-state index in [2.05, 4.69) is 15.0 Å². The summed E-state index contributed by atoms with van der Waals surface area (Å²) in [6, 6.07) is 13.8. The van der Waals surface area contributed by atoms with E-state index in [1.807, 2.05) is 30.3 Å². The Morgan fingerprint density at radius 3 is 2.36 bits per heavy atom. The van der Waals surface area contributed by atoms with Crippen molar-refractivity contribution in [2.75, 3.05) is 18.0 Å². The third kappa shape index (κ3) is 5.44. The summed E-state index contributed by atoms with van der Waals surface area (Å²) >= 11 is 1.13. The molecule has 4 heterocycles. The highest BCUT2D eigenvalue weighted by Crippen LogP contribution is 2.42. The first-order chi connectivity index (χ1) is 20.3. The van der Waals surface area contributed by atoms with Gasteiger partial charge in [-0.25, -0.2) is 23.2 Å². The van der Waals surface area contributed by atoms with Crippen molar-refractivity contribution in [3.63, 3.8) is 0 Å². The molecule has 0 bridgehead atoms. The normalized spacial score (nSPS) is 18.7. The fourth-order valence-corrected chi connectivity index (χ4v) is 8.23. The fourth-order valence-electron chi connectivity index (χ4n) is 5.88. The summed E-state index contributed by atoms with van der Waals surface area (Å²) in [5.74, 6) is -1.51. The number of aromatic carboxylic acids is 1. The Bertz CT molecular complexity index is 1690. The summed E-state index contributed by atoms with van der Waals surface area (Å²) in [5.41, 5.74) is 2.38. The molecule has 1 saturated heterocycles. The van der Waals surface area contributed by atoms with Crippen LogP contribution in [0.5, 0.6) is 0 Å². The van der Waals surface area contributed by atoms with Gasteiger partial charge in [-0.15, -0.1) is 11.3 Å². The first-order valence-corrected chi connectivity index (χ1v) is 16.0. The van der Waals surface area contributed by atoms with Crippen LogP contribution in [0.3, 0.4) is 0 Å². The van der Waals surface area contributed by atoms with Crippen LogP contribution >= 0.6 is 11.3 Å². The van der Waals surface area contributed by atoms with Gasteiger partial charge in [-0.2, -0.15) is 4.31 Å². The fraction of sp³-hybridized carbons (Fsp3) is 0.300. The molecule has 1 aliphatic carbocycles. The molecule has 1 aliphatic heterocycles. The van der Waals surface area contributed by atoms with Crippen molar-refractivity contribution in [2.45, 2.75) is 43.0 Å². The maximum absolute atomic E-state index is 13.9. The van der Waals surface area contributed by atoms with Gasteiger partial charge in [-0.05, 0) is 42.5 Å². The van der Waals surface area contributed by atoms with Crippen LogP contribution in [0.2, 0.25) is 0 Å². The number of hydrogen-bond acceptors (Lipinski definition) is 8. The van der Waals surface area contributed by atoms with Crippen LogP contribution in [0.25, 0.3) is 21.7 Å². The third-order valence-electron chi connectivity index (χ3n) is 7.95. The molecule has 12 heteroatoms. The van der Waals surface area contributed by atoms with Crippen molar-refractivity contribution in [3.8, 4) is 21.7 Å². The molecular weight excluding hydrogens is 574 g/mol. The van der Waals surface area contributed by atoms with Crippen LogP contribution in [0.15, 0.2) is 78.3 Å². The second-order valence-corrected chi connectivity index (χ2v) is 13.5. The maximum Gasteiger partial charge on any atom is 0.348 e. The Morgan fingerprint density at radius 1 is 0.952 bits per heavy atom. The Morgan fingerprint density at radius 2 is 1.69 bits per heavy atom. The molecule has 0 spiro atoms. The number of sulfonamides is 1. The number of thiophene rings is 1. The number of anilines is 1. The van der Waals surface area contributed by atoms with Crippen molar-refractivity contribution in [1.29, 1.82) is 0 Å². The van der Waals surface area contributed by atoms with Gasteiger partial charge < -0.3 is 10.0 Å². The number of carbonyl (C=O) groups is 2. The van der Waals surface area contributed by atoms with Crippen LogP contribution in [0.4, 0.5) is 5.69 Å². The molecule has 3 aromatic heterocycles. The summed E-state index contributed by atoms with van der Waals surface area (Å²) in [6.45, 7) is -0.321. The molecule has 10 nitrogen and oxygen atoms in total. The number of carbonyl (C=O) groups excluding carboxylic acids is 1. The number of carboxylic acids is 1. The predicted octanol–water partition coefficient (Wildman–Crippen LogP) is 4.95. The molecule has 1 saturated carbocycles. The number of benzene rings is 1. The zero-order chi connectivity index (χ0) is 29.3. The van der Waals surface area contributed by atoms with E-state index in [9.17, 15) is 23.1 Å². The van der Waals surface area contributed by atoms with Crippen LogP contribution < -0.4 is 4.90 Å². The molecule has 1 amide bonds. The van der Waals surface area contributed by atoms with Crippen LogP contribution in [0, 0.1) is 5.92 Å². The zero-order valence-electron chi connectivity index (χ0n) is 22.7. The lowest BCUT2D eigenvalue weighted by Crippen LogP contribution is -2.60. The molecule has 6 rings (SSSR count). The van der Waals surface area contributed by atoms with E-state index >= 15 is 0 Å². The van der Waals surface area contributed by atoms with Gasteiger partial charge in [0.05, 0.1) is 24.0 Å². The Labute approximate surface area is 247 Å². The van der Waals surface area contributed by atoms with Gasteiger partial charge in [0, 0.05) is 35.6 Å². The summed E-state index contributed by atoms with van der Waals surface area (Å²) < 4.78 is 28.9. The van der Waals surface area contributed by atoms with Crippen molar-refractivity contribution >= 4 is 38.9 Å². The Balaban J connectivity index is 1.35. The number of amides is 1. The second kappa shape index (κ2) is 11.7. The predicted molar refractivity (Wildman–Crippen MR) is 159 cm³/mol. The molecule has 2 fully saturated rings. The van der Waals surface area contributed by atoms with Gasteiger partial charge in [-0.1, -0.05) is 49.6 Å². The molecule has 0 radical (unpaired) electrons. The zero-order valence-corrected chi connectivity index (χ0v) is 24.3. The van der Waals surface area contributed by atoms with Crippen molar-refractivity contribution < 1.29 is 23.1 Å². The number of rotatable bonds is 7. The first kappa shape index (κ1) is 28.1. The Kier molecular flexibility index (Phi) is 7.84. The number of hydrogen-bond donors (Lipinski definition) is 1. The number of piperazine rings is 1. The van der Waals surface area contributed by atoms with Gasteiger partial charge in [0.2, 0.25) is 15.9 Å². The van der Waals surface area contributed by atoms with Gasteiger partial charge >= 0.3 is 5.97 Å². The van der Waals surface area contributed by atoms with Gasteiger partial charge in [0.1, 0.15) is 16.1 Å². The number of carboxylic acid groups (broad SMARTS) is 1. The quantitative estimate of drug-likeness (QED) is 0.314. The molecule has 42 heavy (non-hydrogen) atoms. The van der Waals surface area contributed by atoms with E-state index in [-0.39, 0.29) is 22.2 Å². The number of nitrogens with zero attached hydrogens (tertiary/aromatic N) is 5. The standard InChI is InChI=1S/C30H29N5O5S2/c36-28-18-34(42(39,40)23-11-12-24(33-16-23)22-14-31-19-32-15-22)17-26(20-7-3-1-4-8-20)35(28)25-13-27(41-29(25)30(37)38)21-9-5-2-6-10-21/h2,5-6,9-16,19-20,26H,1,3-4,7-8,17-18H2,(H,37,38)/t26-/m0/s1. The van der Waals surface area contributed by atoms with Gasteiger partial charge in [-0.3, -0.25) is 9.78 Å². The lowest BCUT2D eigenvalue weighted by Gasteiger charge is -2.44. The van der Waals surface area contributed by atoms with Crippen LogP contribution in [-0.4, -0.2) is 63.8 Å². The van der Waals surface area contributed by atoms with E-state index in [1.165, 1.54) is 22.9 Å². The van der Waals surface area contributed by atoms with Crippen molar-refractivity contribution in [1.82, 2.24) is 19.3 Å². The highest BCUT2D eigenvalue weighted by Gasteiger charge is 2.44. The molecule has 1 N–H and O–H groups in total. The highest BCUT2D eigenvalue weighted by molar-refractivity contribution is 7.89. The smallest absolute Gasteiger partial charge is 0.348 e. The third-order valence-corrected chi connectivity index (χ3v) is 10.9. The topological polar surface area (TPSA) is 134 Å². The first-order valence-electron chi connectivity index (χ1n) is 13.8. The second-order valence-electron chi connectivity index (χ2n) is 10.5. The van der Waals surface area contributed by atoms with Crippen LogP contribution in [-0.2, 0) is 14.8 Å². The molecule has 216 valence electrons. The summed E-state index contributed by atoms with van der Waals surface area (Å²) in [7, 11) is -4.06. The minimum absolute atomic E-state index is 0.0140. The van der Waals surface area contributed by atoms with E-state index in [0.29, 0.717) is 16.9 Å². The maximum atomic E-state index is 13.9. The molecule has 2 aliphatic rings. The van der Waals surface area contributed by atoms with Crippen molar-refractivity contribution in [2.24, 2.45) is 5.92 Å². The molecule has 4 aromatic rings. The largest absolute Gasteiger partial charge is 0.477 e. The summed E-state index contributed by atoms with van der Waals surface area (Å²) in [6.07, 6.45) is 10.6. The SMILES string of the molecule is O=C(O)c1sc(-c2ccccc2)cc1N1C(=O)CN(S(=O)(=O)c2ccc(-c3cncnc3)nc2)C[C@H]1C1CCCCC1. The number of aromatic nitrogens is 3. The minimum atomic E-state index is -4.06. The molecular formula is C30H29N5O5S2.